The Morgan fingerprint density at radius 3 is 2.72 bits per heavy atom. The van der Waals surface area contributed by atoms with Gasteiger partial charge in [-0.1, -0.05) is 48.2 Å². The van der Waals surface area contributed by atoms with Gasteiger partial charge >= 0.3 is 0 Å². The smallest absolute Gasteiger partial charge is 0.263 e. The molecule has 0 radical (unpaired) electrons. The molecule has 0 aromatic heterocycles. The Labute approximate surface area is 154 Å². The normalized spacial score (nSPS) is 15.4. The monoisotopic (exact) mass is 375 g/mol. The maximum absolute atomic E-state index is 13.7. The van der Waals surface area contributed by atoms with Crippen molar-refractivity contribution in [3.63, 3.8) is 0 Å². The summed E-state index contributed by atoms with van der Waals surface area (Å²) in [7, 11) is 1.52. The average molecular weight is 375 g/mol. The number of hydrogen-bond acceptors (Lipinski definition) is 5. The van der Waals surface area contributed by atoms with Gasteiger partial charge in [-0.2, -0.15) is 0 Å². The minimum absolute atomic E-state index is 0.0933. The molecule has 1 aliphatic heterocycles. The summed E-state index contributed by atoms with van der Waals surface area (Å²) in [5.74, 6) is 0.459. The van der Waals surface area contributed by atoms with E-state index in [2.05, 4.69) is 5.32 Å². The van der Waals surface area contributed by atoms with Crippen LogP contribution in [0.4, 0.5) is 4.39 Å². The maximum atomic E-state index is 13.7. The van der Waals surface area contributed by atoms with Crippen molar-refractivity contribution < 1.29 is 18.7 Å². The first-order valence-electron chi connectivity index (χ1n) is 7.36. The molecule has 0 bridgehead atoms. The highest BCUT2D eigenvalue weighted by Crippen LogP contribution is 2.32. The van der Waals surface area contributed by atoms with Crippen LogP contribution in [0.1, 0.15) is 11.1 Å². The molecule has 3 rings (SSSR count). The molecule has 0 aliphatic carbocycles. The number of ether oxygens (including phenoxy) is 2. The zero-order valence-corrected chi connectivity index (χ0v) is 14.9. The van der Waals surface area contributed by atoms with Gasteiger partial charge < -0.3 is 14.8 Å². The van der Waals surface area contributed by atoms with E-state index in [-0.39, 0.29) is 18.3 Å². The van der Waals surface area contributed by atoms with Crippen molar-refractivity contribution in [2.45, 2.75) is 6.61 Å². The number of nitrogens with one attached hydrogen (secondary N) is 1. The summed E-state index contributed by atoms with van der Waals surface area (Å²) in [6.07, 6.45) is 1.72. The topological polar surface area (TPSA) is 47.6 Å². The average Bonchev–Trinajstić information content (AvgIpc) is 2.92. The van der Waals surface area contributed by atoms with Gasteiger partial charge in [0.15, 0.2) is 11.5 Å². The number of amides is 1. The molecule has 2 aromatic rings. The molecule has 25 heavy (non-hydrogen) atoms. The summed E-state index contributed by atoms with van der Waals surface area (Å²) in [5.41, 5.74) is 1.24. The summed E-state index contributed by atoms with van der Waals surface area (Å²) in [6, 6.07) is 11.7. The van der Waals surface area contributed by atoms with Crippen LogP contribution in [0.5, 0.6) is 11.5 Å². The van der Waals surface area contributed by atoms with Gasteiger partial charge in [-0.05, 0) is 29.8 Å². The number of thioether (sulfide) groups is 1. The predicted molar refractivity (Wildman–Crippen MR) is 100 cm³/mol. The lowest BCUT2D eigenvalue weighted by atomic mass is 10.2. The highest BCUT2D eigenvalue weighted by Gasteiger charge is 2.22. The van der Waals surface area contributed by atoms with Crippen LogP contribution in [0, 0.1) is 5.82 Å². The zero-order chi connectivity index (χ0) is 17.8. The second-order valence-electron chi connectivity index (χ2n) is 5.14. The summed E-state index contributed by atoms with van der Waals surface area (Å²) < 4.78 is 25.1. The van der Waals surface area contributed by atoms with Gasteiger partial charge in [0.2, 0.25) is 0 Å². The fourth-order valence-electron chi connectivity index (χ4n) is 2.24. The summed E-state index contributed by atoms with van der Waals surface area (Å²) in [6.45, 7) is 0.0933. The van der Waals surface area contributed by atoms with E-state index in [0.717, 1.165) is 5.56 Å². The minimum Gasteiger partial charge on any atom is -0.493 e. The van der Waals surface area contributed by atoms with E-state index in [9.17, 15) is 9.18 Å². The molecule has 0 unspecified atom stereocenters. The van der Waals surface area contributed by atoms with Gasteiger partial charge in [0.05, 0.1) is 12.0 Å². The molecule has 1 saturated heterocycles. The van der Waals surface area contributed by atoms with E-state index in [1.807, 2.05) is 0 Å². The molecule has 1 heterocycles. The highest BCUT2D eigenvalue weighted by molar-refractivity contribution is 8.26. The molecule has 0 atom stereocenters. The highest BCUT2D eigenvalue weighted by atomic mass is 32.2. The van der Waals surface area contributed by atoms with Gasteiger partial charge in [-0.15, -0.1) is 0 Å². The molecule has 1 aliphatic rings. The van der Waals surface area contributed by atoms with Crippen LogP contribution in [0.3, 0.4) is 0 Å². The molecule has 0 saturated carbocycles. The minimum atomic E-state index is -0.317. The number of methoxy groups -OCH3 is 1. The summed E-state index contributed by atoms with van der Waals surface area (Å²) in [4.78, 5) is 12.2. The summed E-state index contributed by atoms with van der Waals surface area (Å²) in [5, 5.41) is 2.57. The van der Waals surface area contributed by atoms with Gasteiger partial charge in [0, 0.05) is 5.56 Å². The number of thiocarbonyl (C=S) groups is 1. The van der Waals surface area contributed by atoms with E-state index in [1.165, 1.54) is 24.9 Å². The Morgan fingerprint density at radius 1 is 1.24 bits per heavy atom. The van der Waals surface area contributed by atoms with Crippen LogP contribution in [-0.2, 0) is 11.4 Å². The Hall–Kier alpha value is -2.38. The third-order valence-corrected chi connectivity index (χ3v) is 4.63. The van der Waals surface area contributed by atoms with Crippen LogP contribution in [0.25, 0.3) is 6.08 Å². The molecule has 1 amide bonds. The van der Waals surface area contributed by atoms with E-state index in [1.54, 1.807) is 42.5 Å². The third-order valence-electron chi connectivity index (χ3n) is 3.47. The number of rotatable bonds is 5. The van der Waals surface area contributed by atoms with Gasteiger partial charge in [0.25, 0.3) is 5.91 Å². The Bertz CT molecular complexity index is 867. The number of carbonyl (C=O) groups is 1. The lowest BCUT2D eigenvalue weighted by Crippen LogP contribution is -2.17. The van der Waals surface area contributed by atoms with Gasteiger partial charge in [0.1, 0.15) is 16.7 Å². The van der Waals surface area contributed by atoms with Crippen LogP contribution in [0.15, 0.2) is 47.4 Å². The zero-order valence-electron chi connectivity index (χ0n) is 13.2. The standard InChI is InChI=1S/C18H14FNO3S2/c1-22-15-8-11(9-16-17(21)20-18(24)25-16)6-7-14(15)23-10-12-4-2-3-5-13(12)19/h2-9H,10H2,1H3,(H,20,21,24). The van der Waals surface area contributed by atoms with Crippen molar-refractivity contribution in [1.82, 2.24) is 5.32 Å². The van der Waals surface area contributed by atoms with Crippen molar-refractivity contribution in [3.05, 3.63) is 64.3 Å². The molecule has 4 nitrogen and oxygen atoms in total. The maximum Gasteiger partial charge on any atom is 0.263 e. The molecule has 0 spiro atoms. The second kappa shape index (κ2) is 7.67. The van der Waals surface area contributed by atoms with E-state index >= 15 is 0 Å². The van der Waals surface area contributed by atoms with Crippen molar-refractivity contribution in [2.24, 2.45) is 0 Å². The number of hydrogen-bond donors (Lipinski definition) is 1. The molecule has 1 fully saturated rings. The molecule has 7 heteroatoms. The molecule has 128 valence electrons. The van der Waals surface area contributed by atoms with Gasteiger partial charge in [-0.25, -0.2) is 4.39 Å². The third kappa shape index (κ3) is 4.18. The van der Waals surface area contributed by atoms with E-state index in [4.69, 9.17) is 21.7 Å². The fourth-order valence-corrected chi connectivity index (χ4v) is 3.28. The van der Waals surface area contributed by atoms with Crippen molar-refractivity contribution in [1.29, 1.82) is 0 Å². The predicted octanol–water partition coefficient (Wildman–Crippen LogP) is 3.90. The van der Waals surface area contributed by atoms with Gasteiger partial charge in [-0.3, -0.25) is 4.79 Å². The lowest BCUT2D eigenvalue weighted by molar-refractivity contribution is -0.115. The SMILES string of the molecule is COc1cc(C=C2SC(=S)NC2=O)ccc1OCc1ccccc1F. The van der Waals surface area contributed by atoms with E-state index in [0.29, 0.717) is 26.3 Å². The van der Waals surface area contributed by atoms with Crippen molar-refractivity contribution >= 4 is 40.3 Å². The molecular formula is C18H14FNO3S2. The summed E-state index contributed by atoms with van der Waals surface area (Å²) >= 11 is 6.18. The van der Waals surface area contributed by atoms with E-state index < -0.39 is 0 Å². The first kappa shape index (κ1) is 17.4. The first-order valence-corrected chi connectivity index (χ1v) is 8.58. The molecular weight excluding hydrogens is 361 g/mol. The second-order valence-corrected chi connectivity index (χ2v) is 6.86. The first-order chi connectivity index (χ1) is 12.1. The van der Waals surface area contributed by atoms with Crippen molar-refractivity contribution in [2.75, 3.05) is 7.11 Å². The quantitative estimate of drug-likeness (QED) is 0.634. The Balaban J connectivity index is 1.78. The number of halogens is 1. The largest absolute Gasteiger partial charge is 0.493 e. The fraction of sp³-hybridized carbons (Fsp3) is 0.111. The van der Waals surface area contributed by atoms with Crippen molar-refractivity contribution in [3.8, 4) is 11.5 Å². The Morgan fingerprint density at radius 2 is 2.04 bits per heavy atom. The molecule has 1 N–H and O–H groups in total. The van der Waals surface area contributed by atoms with Crippen LogP contribution in [-0.4, -0.2) is 17.3 Å². The van der Waals surface area contributed by atoms with Crippen LogP contribution < -0.4 is 14.8 Å². The number of benzene rings is 2. The number of carbonyl (C=O) groups excluding carboxylic acids is 1. The Kier molecular flexibility index (Phi) is 5.35. The van der Waals surface area contributed by atoms with Crippen LogP contribution in [0.2, 0.25) is 0 Å². The van der Waals surface area contributed by atoms with Crippen LogP contribution >= 0.6 is 24.0 Å². The molecule has 2 aromatic carbocycles. The lowest BCUT2D eigenvalue weighted by Gasteiger charge is -2.12.